The van der Waals surface area contributed by atoms with E-state index in [0.29, 0.717) is 5.75 Å². The molecule has 3 rings (SSSR count). The Balaban J connectivity index is 1.57. The summed E-state index contributed by atoms with van der Waals surface area (Å²) in [6.45, 7) is 1.75. The van der Waals surface area contributed by atoms with Crippen LogP contribution in [0.15, 0.2) is 77.7 Å². The van der Waals surface area contributed by atoms with Gasteiger partial charge in [0.25, 0.3) is 15.9 Å². The normalized spacial score (nSPS) is 11.4. The SMILES string of the molecule is CCc1ccc(OCC(=O)Nc2cccc(S(=O)(=O)Nc3ccc(NNC(=O)C(F)(F)F)cc3)c2)cc1. The Labute approximate surface area is 211 Å². The fourth-order valence-electron chi connectivity index (χ4n) is 2.94. The molecule has 0 aliphatic rings. The van der Waals surface area contributed by atoms with Crippen molar-refractivity contribution in [2.24, 2.45) is 0 Å². The van der Waals surface area contributed by atoms with Crippen LogP contribution in [0.2, 0.25) is 0 Å². The number of benzene rings is 3. The molecule has 3 aromatic carbocycles. The smallest absolute Gasteiger partial charge is 0.472 e. The van der Waals surface area contributed by atoms with Gasteiger partial charge in [-0.3, -0.25) is 25.2 Å². The van der Waals surface area contributed by atoms with Gasteiger partial charge in [-0.05, 0) is 66.6 Å². The molecule has 13 heteroatoms. The van der Waals surface area contributed by atoms with Crippen molar-refractivity contribution < 1.29 is 35.9 Å². The largest absolute Gasteiger partial charge is 0.484 e. The molecular weight excluding hydrogens is 513 g/mol. The number of rotatable bonds is 10. The van der Waals surface area contributed by atoms with Crippen molar-refractivity contribution in [3.05, 3.63) is 78.4 Å². The highest BCUT2D eigenvalue weighted by atomic mass is 32.2. The first kappa shape index (κ1) is 27.3. The fraction of sp³-hybridized carbons (Fsp3) is 0.167. The van der Waals surface area contributed by atoms with Crippen molar-refractivity contribution in [2.45, 2.75) is 24.4 Å². The van der Waals surface area contributed by atoms with E-state index in [1.54, 1.807) is 12.1 Å². The zero-order valence-electron chi connectivity index (χ0n) is 19.4. The third-order valence-corrected chi connectivity index (χ3v) is 6.22. The number of amides is 2. The summed E-state index contributed by atoms with van der Waals surface area (Å²) in [5.41, 5.74) is 5.13. The molecule has 4 N–H and O–H groups in total. The lowest BCUT2D eigenvalue weighted by Gasteiger charge is -2.12. The molecular formula is C24H23F3N4O5S. The molecule has 2 amide bonds. The molecule has 0 fully saturated rings. The van der Waals surface area contributed by atoms with Gasteiger partial charge in [0, 0.05) is 11.4 Å². The second-order valence-electron chi connectivity index (χ2n) is 7.62. The van der Waals surface area contributed by atoms with Gasteiger partial charge in [0.1, 0.15) is 5.75 Å². The van der Waals surface area contributed by atoms with Crippen molar-refractivity contribution in [3.8, 4) is 5.75 Å². The lowest BCUT2D eigenvalue weighted by atomic mass is 10.2. The molecule has 196 valence electrons. The number of carbonyl (C=O) groups is 2. The van der Waals surface area contributed by atoms with Crippen LogP contribution in [0.5, 0.6) is 5.75 Å². The number of anilines is 3. The van der Waals surface area contributed by atoms with Gasteiger partial charge in [-0.2, -0.15) is 13.2 Å². The van der Waals surface area contributed by atoms with Gasteiger partial charge in [0.2, 0.25) is 0 Å². The molecule has 0 spiro atoms. The van der Waals surface area contributed by atoms with E-state index in [1.807, 2.05) is 19.1 Å². The van der Waals surface area contributed by atoms with E-state index in [-0.39, 0.29) is 28.6 Å². The van der Waals surface area contributed by atoms with Crippen LogP contribution in [-0.4, -0.2) is 33.0 Å². The van der Waals surface area contributed by atoms with Crippen LogP contribution in [0.25, 0.3) is 0 Å². The van der Waals surface area contributed by atoms with Crippen molar-refractivity contribution in [1.29, 1.82) is 0 Å². The molecule has 0 saturated carbocycles. The standard InChI is InChI=1S/C24H23F3N4O5S/c1-2-16-6-12-20(13-7-16)36-15-22(32)28-19-4-3-5-21(14-19)37(34,35)31-18-10-8-17(9-11-18)29-30-23(33)24(25,26)27/h3-14,29,31H,2,15H2,1H3,(H,28,32)(H,30,33). The minimum absolute atomic E-state index is 0.0915. The number of aryl methyl sites for hydroxylation is 1. The molecule has 0 aliphatic heterocycles. The predicted molar refractivity (Wildman–Crippen MR) is 131 cm³/mol. The lowest BCUT2D eigenvalue weighted by molar-refractivity contribution is -0.173. The predicted octanol–water partition coefficient (Wildman–Crippen LogP) is 4.07. The summed E-state index contributed by atoms with van der Waals surface area (Å²) in [6.07, 6.45) is -4.17. The Hall–Kier alpha value is -4.26. The van der Waals surface area contributed by atoms with Crippen LogP contribution >= 0.6 is 0 Å². The maximum absolute atomic E-state index is 12.8. The third kappa shape index (κ3) is 8.14. The first-order valence-corrected chi connectivity index (χ1v) is 12.3. The van der Waals surface area contributed by atoms with Crippen LogP contribution in [0.4, 0.5) is 30.2 Å². The highest BCUT2D eigenvalue weighted by Crippen LogP contribution is 2.21. The number of hydrogen-bond donors (Lipinski definition) is 4. The number of carbonyl (C=O) groups excluding carboxylic acids is 2. The second-order valence-corrected chi connectivity index (χ2v) is 9.30. The number of hydrazine groups is 1. The molecule has 9 nitrogen and oxygen atoms in total. The van der Waals surface area contributed by atoms with E-state index in [1.165, 1.54) is 54.0 Å². The van der Waals surface area contributed by atoms with E-state index in [2.05, 4.69) is 15.5 Å². The van der Waals surface area contributed by atoms with E-state index in [4.69, 9.17) is 4.74 Å². The number of alkyl halides is 3. The van der Waals surface area contributed by atoms with Crippen LogP contribution in [0.1, 0.15) is 12.5 Å². The van der Waals surface area contributed by atoms with E-state index in [0.717, 1.165) is 12.0 Å². The first-order valence-electron chi connectivity index (χ1n) is 10.8. The van der Waals surface area contributed by atoms with Crippen molar-refractivity contribution in [3.63, 3.8) is 0 Å². The summed E-state index contributed by atoms with van der Waals surface area (Å²) in [4.78, 5) is 23.0. The summed E-state index contributed by atoms with van der Waals surface area (Å²) in [7, 11) is -4.06. The number of halogens is 3. The van der Waals surface area contributed by atoms with Gasteiger partial charge in [-0.15, -0.1) is 0 Å². The topological polar surface area (TPSA) is 126 Å². The van der Waals surface area contributed by atoms with Gasteiger partial charge in [0.05, 0.1) is 10.6 Å². The van der Waals surface area contributed by atoms with Crippen LogP contribution in [0.3, 0.4) is 0 Å². The molecule has 0 radical (unpaired) electrons. The summed E-state index contributed by atoms with van der Waals surface area (Å²) in [6, 6.07) is 18.0. The van der Waals surface area contributed by atoms with Crippen LogP contribution in [-0.2, 0) is 26.0 Å². The summed E-state index contributed by atoms with van der Waals surface area (Å²) < 4.78 is 70.0. The summed E-state index contributed by atoms with van der Waals surface area (Å²) in [5, 5.41) is 2.57. The summed E-state index contributed by atoms with van der Waals surface area (Å²) >= 11 is 0. The number of hydrogen-bond acceptors (Lipinski definition) is 6. The Morgan fingerprint density at radius 3 is 2.16 bits per heavy atom. The Morgan fingerprint density at radius 1 is 0.892 bits per heavy atom. The van der Waals surface area contributed by atoms with E-state index >= 15 is 0 Å². The van der Waals surface area contributed by atoms with Crippen molar-refractivity contribution >= 4 is 38.9 Å². The van der Waals surface area contributed by atoms with Crippen molar-refractivity contribution in [1.82, 2.24) is 5.43 Å². The first-order chi connectivity index (χ1) is 17.5. The quantitative estimate of drug-likeness (QED) is 0.290. The molecule has 0 aromatic heterocycles. The minimum Gasteiger partial charge on any atom is -0.484 e. The van der Waals surface area contributed by atoms with Gasteiger partial charge < -0.3 is 10.1 Å². The Morgan fingerprint density at radius 2 is 1.54 bits per heavy atom. The molecule has 0 aliphatic carbocycles. The number of ether oxygens (including phenoxy) is 1. The maximum Gasteiger partial charge on any atom is 0.472 e. The van der Waals surface area contributed by atoms with E-state index in [9.17, 15) is 31.2 Å². The minimum atomic E-state index is -5.05. The molecule has 0 unspecified atom stereocenters. The van der Waals surface area contributed by atoms with Gasteiger partial charge in [-0.1, -0.05) is 25.1 Å². The average molecular weight is 537 g/mol. The molecule has 0 heterocycles. The van der Waals surface area contributed by atoms with Gasteiger partial charge in [0.15, 0.2) is 6.61 Å². The lowest BCUT2D eigenvalue weighted by Crippen LogP contribution is -2.40. The van der Waals surface area contributed by atoms with Crippen LogP contribution in [0, 0.1) is 0 Å². The molecule has 3 aromatic rings. The maximum atomic E-state index is 12.8. The monoisotopic (exact) mass is 536 g/mol. The van der Waals surface area contributed by atoms with Crippen molar-refractivity contribution in [2.75, 3.05) is 22.1 Å². The number of sulfonamides is 1. The zero-order valence-corrected chi connectivity index (χ0v) is 20.2. The second kappa shape index (κ2) is 11.6. The van der Waals surface area contributed by atoms with Gasteiger partial charge in [-0.25, -0.2) is 8.42 Å². The Kier molecular flexibility index (Phi) is 8.60. The zero-order chi connectivity index (χ0) is 27.1. The van der Waals surface area contributed by atoms with E-state index < -0.39 is 28.0 Å². The number of nitrogens with one attached hydrogen (secondary N) is 4. The summed E-state index contributed by atoms with van der Waals surface area (Å²) in [5.74, 6) is -2.14. The molecule has 37 heavy (non-hydrogen) atoms. The van der Waals surface area contributed by atoms with Crippen LogP contribution < -0.4 is 25.6 Å². The fourth-order valence-corrected chi connectivity index (χ4v) is 4.05. The average Bonchev–Trinajstić information content (AvgIpc) is 2.86. The highest BCUT2D eigenvalue weighted by molar-refractivity contribution is 7.92. The molecule has 0 atom stereocenters. The molecule has 0 saturated heterocycles. The highest BCUT2D eigenvalue weighted by Gasteiger charge is 2.38. The Bertz CT molecular complexity index is 1350. The third-order valence-electron chi connectivity index (χ3n) is 4.84. The van der Waals surface area contributed by atoms with Gasteiger partial charge >= 0.3 is 12.1 Å². The molecule has 0 bridgehead atoms.